The minimum atomic E-state index is -4.40. The van der Waals surface area contributed by atoms with Crippen LogP contribution in [0.4, 0.5) is 23.8 Å². The van der Waals surface area contributed by atoms with E-state index in [1.165, 1.54) is 23.5 Å². The van der Waals surface area contributed by atoms with Crippen molar-refractivity contribution in [2.75, 3.05) is 18.4 Å². The summed E-state index contributed by atoms with van der Waals surface area (Å²) in [5.41, 5.74) is -0.108. The molecule has 12 heteroatoms. The van der Waals surface area contributed by atoms with Crippen LogP contribution >= 0.6 is 11.3 Å². The molecule has 0 bridgehead atoms. The second-order valence-electron chi connectivity index (χ2n) is 11.3. The topological polar surface area (TPSA) is 89.3 Å². The number of benzene rings is 1. The Balaban J connectivity index is 1.37. The molecule has 1 fully saturated rings. The fourth-order valence-electron chi connectivity index (χ4n) is 5.28. The number of likely N-dealkylation sites (tertiary alicyclic amines) is 1. The molecule has 4 heterocycles. The quantitative estimate of drug-likeness (QED) is 0.400. The van der Waals surface area contributed by atoms with Crippen molar-refractivity contribution < 1.29 is 27.5 Å². The molecule has 1 unspecified atom stereocenters. The van der Waals surface area contributed by atoms with Crippen LogP contribution in [-0.4, -0.2) is 50.4 Å². The van der Waals surface area contributed by atoms with E-state index in [9.17, 15) is 22.8 Å². The van der Waals surface area contributed by atoms with Crippen LogP contribution in [-0.2, 0) is 21.2 Å². The zero-order valence-electron chi connectivity index (χ0n) is 22.1. The fraction of sp³-hybridized carbons (Fsp3) is 0.481. The number of anilines is 1. The van der Waals surface area contributed by atoms with Crippen molar-refractivity contribution >= 4 is 29.2 Å². The zero-order chi connectivity index (χ0) is 28.2. The SMILES string of the molecule is CC(C)(C)OC(=O)N1CCC(C2(C)CC(=O)Nc3c(-c4nc(-c5ccc(C(F)(F)F)cc5)cs4)cnn32)CC1. The molecule has 0 aliphatic carbocycles. The smallest absolute Gasteiger partial charge is 0.416 e. The van der Waals surface area contributed by atoms with Crippen LogP contribution in [0, 0.1) is 5.92 Å². The Kier molecular flexibility index (Phi) is 6.72. The lowest BCUT2D eigenvalue weighted by Gasteiger charge is -2.45. The van der Waals surface area contributed by atoms with E-state index in [4.69, 9.17) is 4.74 Å². The lowest BCUT2D eigenvalue weighted by Crippen LogP contribution is -2.51. The van der Waals surface area contributed by atoms with E-state index >= 15 is 0 Å². The molecule has 2 aliphatic rings. The fourth-order valence-corrected chi connectivity index (χ4v) is 6.12. The van der Waals surface area contributed by atoms with Gasteiger partial charge in [-0.15, -0.1) is 11.3 Å². The van der Waals surface area contributed by atoms with Crippen molar-refractivity contribution in [2.24, 2.45) is 5.92 Å². The van der Waals surface area contributed by atoms with Crippen molar-refractivity contribution in [2.45, 2.75) is 64.3 Å². The summed E-state index contributed by atoms with van der Waals surface area (Å²) in [5, 5.41) is 9.99. The standard InChI is InChI=1S/C27H30F3N5O3S/c1-25(2,3)38-24(37)34-11-9-17(10-12-34)26(4)13-21(36)33-22-19(14-31-35(22)26)23-32-20(15-39-23)16-5-7-18(8-6-16)27(28,29)30/h5-8,14-15,17H,9-13H2,1-4H3,(H,33,36). The van der Waals surface area contributed by atoms with Crippen LogP contribution in [0.2, 0.25) is 0 Å². The Labute approximate surface area is 228 Å². The highest BCUT2D eigenvalue weighted by Gasteiger charge is 2.46. The van der Waals surface area contributed by atoms with Crippen LogP contribution in [0.15, 0.2) is 35.8 Å². The maximum Gasteiger partial charge on any atom is 0.416 e. The summed E-state index contributed by atoms with van der Waals surface area (Å²) < 4.78 is 46.2. The molecule has 2 aromatic heterocycles. The van der Waals surface area contributed by atoms with Crippen LogP contribution in [0.3, 0.4) is 0 Å². The molecular formula is C27H30F3N5O3S. The van der Waals surface area contributed by atoms with Gasteiger partial charge in [0.1, 0.15) is 16.4 Å². The van der Waals surface area contributed by atoms with Gasteiger partial charge in [-0.3, -0.25) is 4.79 Å². The first-order valence-electron chi connectivity index (χ1n) is 12.7. The molecule has 2 amide bonds. The van der Waals surface area contributed by atoms with E-state index in [0.29, 0.717) is 53.6 Å². The normalized spacial score (nSPS) is 20.5. The van der Waals surface area contributed by atoms with Gasteiger partial charge in [0.2, 0.25) is 5.91 Å². The first-order valence-corrected chi connectivity index (χ1v) is 13.6. The first-order chi connectivity index (χ1) is 18.2. The van der Waals surface area contributed by atoms with Crippen LogP contribution < -0.4 is 5.32 Å². The van der Waals surface area contributed by atoms with E-state index in [0.717, 1.165) is 12.1 Å². The van der Waals surface area contributed by atoms with Crippen LogP contribution in [0.1, 0.15) is 52.5 Å². The third-order valence-corrected chi connectivity index (χ3v) is 8.17. The predicted molar refractivity (Wildman–Crippen MR) is 141 cm³/mol. The van der Waals surface area contributed by atoms with Gasteiger partial charge in [0.05, 0.1) is 35.0 Å². The number of nitrogens with zero attached hydrogens (tertiary/aromatic N) is 4. The molecule has 1 N–H and O–H groups in total. The Morgan fingerprint density at radius 2 is 1.82 bits per heavy atom. The van der Waals surface area contributed by atoms with Gasteiger partial charge < -0.3 is 15.0 Å². The lowest BCUT2D eigenvalue weighted by atomic mass is 9.76. The number of thiazole rings is 1. The van der Waals surface area contributed by atoms with Crippen molar-refractivity contribution in [1.82, 2.24) is 19.7 Å². The minimum Gasteiger partial charge on any atom is -0.444 e. The summed E-state index contributed by atoms with van der Waals surface area (Å²) in [4.78, 5) is 31.8. The van der Waals surface area contributed by atoms with Gasteiger partial charge in [-0.05, 0) is 58.6 Å². The number of fused-ring (bicyclic) bond motifs is 1. The Morgan fingerprint density at radius 1 is 1.15 bits per heavy atom. The first kappa shape index (κ1) is 27.2. The van der Waals surface area contributed by atoms with Gasteiger partial charge in [-0.25, -0.2) is 14.5 Å². The molecule has 3 aromatic rings. The monoisotopic (exact) mass is 561 g/mol. The highest BCUT2D eigenvalue weighted by molar-refractivity contribution is 7.13. The average Bonchev–Trinajstić information content (AvgIpc) is 3.50. The number of ether oxygens (including phenoxy) is 1. The van der Waals surface area contributed by atoms with Crippen molar-refractivity contribution in [3.05, 3.63) is 41.4 Å². The lowest BCUT2D eigenvalue weighted by molar-refractivity contribution is -0.137. The number of rotatable bonds is 3. The maximum absolute atomic E-state index is 12.9. The van der Waals surface area contributed by atoms with Gasteiger partial charge in [-0.1, -0.05) is 12.1 Å². The average molecular weight is 562 g/mol. The maximum atomic E-state index is 12.9. The number of hydrogen-bond acceptors (Lipinski definition) is 6. The van der Waals surface area contributed by atoms with Crippen molar-refractivity contribution in [3.8, 4) is 21.8 Å². The zero-order valence-corrected chi connectivity index (χ0v) is 22.9. The Morgan fingerprint density at radius 3 is 2.44 bits per heavy atom. The number of nitrogens with one attached hydrogen (secondary N) is 1. The second kappa shape index (κ2) is 9.65. The van der Waals surface area contributed by atoms with Crippen LogP contribution in [0.5, 0.6) is 0 Å². The third-order valence-electron chi connectivity index (χ3n) is 7.30. The molecular weight excluding hydrogens is 531 g/mol. The Hall–Kier alpha value is -3.41. The largest absolute Gasteiger partial charge is 0.444 e. The Bertz CT molecular complexity index is 1380. The number of aromatic nitrogens is 3. The number of amides is 2. The van der Waals surface area contributed by atoms with Crippen LogP contribution in [0.25, 0.3) is 21.8 Å². The number of halogens is 3. The molecule has 8 nitrogen and oxygen atoms in total. The van der Waals surface area contributed by atoms with E-state index in [2.05, 4.69) is 15.4 Å². The van der Waals surface area contributed by atoms with E-state index < -0.39 is 22.9 Å². The molecule has 0 radical (unpaired) electrons. The molecule has 5 rings (SSSR count). The number of carbonyl (C=O) groups is 2. The number of piperidine rings is 1. The summed E-state index contributed by atoms with van der Waals surface area (Å²) in [7, 11) is 0. The van der Waals surface area contributed by atoms with Crippen molar-refractivity contribution in [3.63, 3.8) is 0 Å². The minimum absolute atomic E-state index is 0.104. The summed E-state index contributed by atoms with van der Waals surface area (Å²) in [6, 6.07) is 4.88. The molecule has 1 saturated heterocycles. The van der Waals surface area contributed by atoms with Crippen molar-refractivity contribution in [1.29, 1.82) is 0 Å². The van der Waals surface area contributed by atoms with E-state index in [-0.39, 0.29) is 24.3 Å². The number of hydrogen-bond donors (Lipinski definition) is 1. The molecule has 2 aliphatic heterocycles. The van der Waals surface area contributed by atoms with Gasteiger partial charge in [0, 0.05) is 24.0 Å². The molecule has 0 saturated carbocycles. The van der Waals surface area contributed by atoms with Gasteiger partial charge in [-0.2, -0.15) is 18.3 Å². The summed E-state index contributed by atoms with van der Waals surface area (Å²) in [5.74, 6) is 0.533. The highest BCUT2D eigenvalue weighted by Crippen LogP contribution is 2.45. The molecule has 0 spiro atoms. The molecule has 39 heavy (non-hydrogen) atoms. The number of alkyl halides is 3. The van der Waals surface area contributed by atoms with E-state index in [1.54, 1.807) is 16.5 Å². The van der Waals surface area contributed by atoms with E-state index in [1.807, 2.05) is 32.4 Å². The van der Waals surface area contributed by atoms with Gasteiger partial charge in [0.15, 0.2) is 0 Å². The molecule has 1 atom stereocenters. The summed E-state index contributed by atoms with van der Waals surface area (Å²) in [6.07, 6.45) is -1.40. The van der Waals surface area contributed by atoms with Gasteiger partial charge >= 0.3 is 12.3 Å². The predicted octanol–water partition coefficient (Wildman–Crippen LogP) is 6.40. The molecule has 1 aromatic carbocycles. The highest BCUT2D eigenvalue weighted by atomic mass is 32.1. The second-order valence-corrected chi connectivity index (χ2v) is 12.1. The third kappa shape index (κ3) is 5.39. The van der Waals surface area contributed by atoms with Gasteiger partial charge in [0.25, 0.3) is 0 Å². The molecule has 208 valence electrons. The summed E-state index contributed by atoms with van der Waals surface area (Å²) in [6.45, 7) is 8.60. The summed E-state index contributed by atoms with van der Waals surface area (Å²) >= 11 is 1.33. The number of carbonyl (C=O) groups excluding carboxylic acids is 2.